The highest BCUT2D eigenvalue weighted by Crippen LogP contribution is 2.44. The van der Waals surface area contributed by atoms with Crippen LogP contribution in [0.1, 0.15) is 22.0 Å². The lowest BCUT2D eigenvalue weighted by Gasteiger charge is -2.26. The van der Waals surface area contributed by atoms with E-state index in [1.807, 2.05) is 0 Å². The molecule has 2 aliphatic rings. The molecule has 2 aromatic carbocycles. The fourth-order valence-corrected chi connectivity index (χ4v) is 3.62. The van der Waals surface area contributed by atoms with Crippen LogP contribution in [0.2, 0.25) is 0 Å². The number of hydrogen-bond donors (Lipinski definition) is 2. The van der Waals surface area contributed by atoms with Crippen molar-refractivity contribution >= 4 is 17.3 Å². The van der Waals surface area contributed by atoms with Gasteiger partial charge in [0.05, 0.1) is 35.8 Å². The smallest absolute Gasteiger partial charge is 0.395 e. The van der Waals surface area contributed by atoms with E-state index in [2.05, 4.69) is 25.0 Å². The maximum absolute atomic E-state index is 15.3. The number of ether oxygens (including phenoxy) is 3. The molecule has 0 saturated carbocycles. The van der Waals surface area contributed by atoms with Crippen molar-refractivity contribution in [3.8, 4) is 11.5 Å². The topological polar surface area (TPSA) is 88.7 Å². The van der Waals surface area contributed by atoms with Crippen LogP contribution < -0.4 is 19.7 Å². The highest BCUT2D eigenvalue weighted by Gasteiger charge is 2.43. The van der Waals surface area contributed by atoms with E-state index in [-0.39, 0.29) is 34.5 Å². The number of alkyl halides is 2. The number of nitrogens with one attached hydrogen (secondary N) is 2. The van der Waals surface area contributed by atoms with Crippen LogP contribution in [0, 0.1) is 5.82 Å². The summed E-state index contributed by atoms with van der Waals surface area (Å²) in [6.45, 7) is 1.75. The van der Waals surface area contributed by atoms with Crippen molar-refractivity contribution < 1.29 is 32.2 Å². The predicted octanol–water partition coefficient (Wildman–Crippen LogP) is 3.51. The molecule has 2 N–H and O–H groups in total. The molecular weight excluding hydrogens is 429 g/mol. The first-order valence-corrected chi connectivity index (χ1v) is 9.76. The number of carbonyl (C=O) groups is 1. The Morgan fingerprint density at radius 3 is 2.72 bits per heavy atom. The number of aromatic nitrogens is 2. The number of H-pyrrole nitrogens is 1. The lowest BCUT2D eigenvalue weighted by atomic mass is 10.1. The Morgan fingerprint density at radius 2 is 2.00 bits per heavy atom. The zero-order valence-corrected chi connectivity index (χ0v) is 16.5. The first kappa shape index (κ1) is 20.3. The molecule has 1 aromatic heterocycles. The van der Waals surface area contributed by atoms with E-state index in [0.29, 0.717) is 25.3 Å². The average Bonchev–Trinajstić information content (AvgIpc) is 3.42. The number of rotatable bonds is 4. The maximum Gasteiger partial charge on any atom is 0.586 e. The van der Waals surface area contributed by atoms with E-state index in [4.69, 9.17) is 4.74 Å². The van der Waals surface area contributed by atoms with Crippen molar-refractivity contribution in [2.24, 2.45) is 0 Å². The number of morpholine rings is 1. The summed E-state index contributed by atoms with van der Waals surface area (Å²) in [7, 11) is 0. The Morgan fingerprint density at radius 1 is 1.16 bits per heavy atom. The van der Waals surface area contributed by atoms with Gasteiger partial charge >= 0.3 is 6.29 Å². The Balaban J connectivity index is 1.55. The van der Waals surface area contributed by atoms with Gasteiger partial charge in [-0.1, -0.05) is 6.07 Å². The van der Waals surface area contributed by atoms with E-state index >= 15 is 4.39 Å². The van der Waals surface area contributed by atoms with Gasteiger partial charge in [-0.15, -0.1) is 8.78 Å². The van der Waals surface area contributed by atoms with Crippen LogP contribution in [-0.4, -0.2) is 42.1 Å². The number of anilines is 2. The van der Waals surface area contributed by atoms with Gasteiger partial charge in [0.25, 0.3) is 5.91 Å². The van der Waals surface area contributed by atoms with Gasteiger partial charge in [0.15, 0.2) is 11.5 Å². The minimum absolute atomic E-state index is 0.0747. The Hall–Kier alpha value is -3.57. The lowest BCUT2D eigenvalue weighted by Crippen LogP contribution is -2.33. The molecule has 1 amide bonds. The highest BCUT2D eigenvalue weighted by molar-refractivity contribution is 6.10. The third-order valence-corrected chi connectivity index (χ3v) is 5.10. The summed E-state index contributed by atoms with van der Waals surface area (Å²) in [5, 5.41) is 9.46. The fraction of sp³-hybridized carbons (Fsp3) is 0.238. The number of fused-ring (bicyclic) bond motifs is 1. The third-order valence-electron chi connectivity index (χ3n) is 5.10. The van der Waals surface area contributed by atoms with Crippen molar-refractivity contribution in [2.45, 2.75) is 12.4 Å². The van der Waals surface area contributed by atoms with Crippen LogP contribution in [0.4, 0.5) is 24.5 Å². The molecule has 0 spiro atoms. The zero-order chi connectivity index (χ0) is 22.3. The van der Waals surface area contributed by atoms with Gasteiger partial charge in [0, 0.05) is 25.4 Å². The van der Waals surface area contributed by atoms with Gasteiger partial charge in [0.1, 0.15) is 5.82 Å². The summed E-state index contributed by atoms with van der Waals surface area (Å²) >= 11 is 0. The summed E-state index contributed by atoms with van der Waals surface area (Å²) in [6.07, 6.45) is -1.51. The van der Waals surface area contributed by atoms with Crippen molar-refractivity contribution in [1.29, 1.82) is 0 Å². The highest BCUT2D eigenvalue weighted by atomic mass is 19.3. The monoisotopic (exact) mass is 446 g/mol. The zero-order valence-electron chi connectivity index (χ0n) is 16.5. The number of carbonyl (C=O) groups excluding carboxylic acids is 1. The molecule has 0 bridgehead atoms. The molecular formula is C21H17F3N4O4. The molecule has 8 nitrogen and oxygen atoms in total. The quantitative estimate of drug-likeness (QED) is 0.638. The van der Waals surface area contributed by atoms with Crippen molar-refractivity contribution in [3.05, 3.63) is 65.7 Å². The van der Waals surface area contributed by atoms with Crippen LogP contribution in [0.3, 0.4) is 0 Å². The lowest BCUT2D eigenvalue weighted by molar-refractivity contribution is -0.286. The second-order valence-corrected chi connectivity index (χ2v) is 7.20. The minimum atomic E-state index is -3.82. The average molecular weight is 446 g/mol. The van der Waals surface area contributed by atoms with E-state index in [1.54, 1.807) is 6.07 Å². The summed E-state index contributed by atoms with van der Waals surface area (Å²) in [6, 6.07) is 8.18. The van der Waals surface area contributed by atoms with Crippen LogP contribution >= 0.6 is 0 Å². The van der Waals surface area contributed by atoms with Gasteiger partial charge in [-0.05, 0) is 29.8 Å². The summed E-state index contributed by atoms with van der Waals surface area (Å²) in [4.78, 5) is 14.3. The van der Waals surface area contributed by atoms with Gasteiger partial charge in [0.2, 0.25) is 0 Å². The normalized spacial score (nSPS) is 19.0. The number of hydrogen-bond acceptors (Lipinski definition) is 6. The number of nitrogens with zero attached hydrogens (tertiary/aromatic N) is 2. The molecule has 32 heavy (non-hydrogen) atoms. The fourth-order valence-electron chi connectivity index (χ4n) is 3.62. The van der Waals surface area contributed by atoms with Crippen molar-refractivity contribution in [3.63, 3.8) is 0 Å². The van der Waals surface area contributed by atoms with Crippen molar-refractivity contribution in [1.82, 2.24) is 15.5 Å². The minimum Gasteiger partial charge on any atom is -0.395 e. The maximum atomic E-state index is 15.3. The standard InChI is InChI=1S/C21H17F3N4O4/c22-15-7-12(19-11-25-5-6-30-19)1-3-16(15)28(20(29)13-9-26-27-10-13)14-2-4-17-18(8-14)32-21(23,24)31-17/h1-4,7-10,19,25H,5-6,11H2,(H,26,27). The third kappa shape index (κ3) is 3.76. The molecule has 5 rings (SSSR count). The molecule has 1 unspecified atom stereocenters. The SMILES string of the molecule is O=C(c1cn[nH]c1)N(c1ccc2c(c1)OC(F)(F)O2)c1ccc(C2CNCCO2)cc1F. The summed E-state index contributed by atoms with van der Waals surface area (Å²) in [5.74, 6) is -1.76. The Kier molecular flexibility index (Phi) is 4.98. The molecule has 1 atom stereocenters. The van der Waals surface area contributed by atoms with E-state index < -0.39 is 18.0 Å². The summed E-state index contributed by atoms with van der Waals surface area (Å²) in [5.41, 5.74) is 0.795. The Labute approximate surface area is 179 Å². The largest absolute Gasteiger partial charge is 0.586 e. The van der Waals surface area contributed by atoms with Gasteiger partial charge < -0.3 is 19.5 Å². The number of benzene rings is 2. The van der Waals surface area contributed by atoms with Gasteiger partial charge in [-0.25, -0.2) is 4.39 Å². The second kappa shape index (κ2) is 7.84. The molecule has 1 saturated heterocycles. The van der Waals surface area contributed by atoms with E-state index in [0.717, 1.165) is 4.90 Å². The molecule has 3 aromatic rings. The number of amides is 1. The van der Waals surface area contributed by atoms with Crippen molar-refractivity contribution in [2.75, 3.05) is 24.6 Å². The molecule has 1 fully saturated rings. The van der Waals surface area contributed by atoms with Crippen LogP contribution in [0.15, 0.2) is 48.8 Å². The van der Waals surface area contributed by atoms with Gasteiger partial charge in [-0.2, -0.15) is 5.10 Å². The Bertz CT molecular complexity index is 1150. The van der Waals surface area contributed by atoms with Gasteiger partial charge in [-0.3, -0.25) is 14.8 Å². The van der Waals surface area contributed by atoms with Crippen LogP contribution in [-0.2, 0) is 4.74 Å². The first-order valence-electron chi connectivity index (χ1n) is 9.76. The molecule has 0 aliphatic carbocycles. The number of aromatic amines is 1. The van der Waals surface area contributed by atoms with Crippen LogP contribution in [0.5, 0.6) is 11.5 Å². The molecule has 0 radical (unpaired) electrons. The molecule has 166 valence electrons. The molecule has 11 heteroatoms. The predicted molar refractivity (Wildman–Crippen MR) is 106 cm³/mol. The van der Waals surface area contributed by atoms with Crippen LogP contribution in [0.25, 0.3) is 0 Å². The first-order chi connectivity index (χ1) is 15.4. The summed E-state index contributed by atoms with van der Waals surface area (Å²) < 4.78 is 56.7. The van der Waals surface area contributed by atoms with E-state index in [9.17, 15) is 13.6 Å². The second-order valence-electron chi connectivity index (χ2n) is 7.20. The van der Waals surface area contributed by atoms with E-state index in [1.165, 1.54) is 42.7 Å². The number of halogens is 3. The molecule has 2 aliphatic heterocycles. The molecule has 3 heterocycles.